The van der Waals surface area contributed by atoms with E-state index in [4.69, 9.17) is 4.74 Å². The van der Waals surface area contributed by atoms with Gasteiger partial charge in [-0.2, -0.15) is 5.10 Å². The van der Waals surface area contributed by atoms with Crippen LogP contribution in [0.2, 0.25) is 0 Å². The molecular formula is C24H27N5O4. The van der Waals surface area contributed by atoms with Gasteiger partial charge >= 0.3 is 0 Å². The van der Waals surface area contributed by atoms with Crippen LogP contribution in [0, 0.1) is 13.8 Å². The van der Waals surface area contributed by atoms with Crippen molar-refractivity contribution in [2.45, 2.75) is 26.7 Å². The number of hydrogen-bond acceptors (Lipinski definition) is 5. The normalized spacial score (nSPS) is 12.4. The number of aromatic amines is 1. The van der Waals surface area contributed by atoms with E-state index in [0.29, 0.717) is 49.4 Å². The second-order valence-electron chi connectivity index (χ2n) is 8.31. The number of ether oxygens (including phenoxy) is 1. The number of aromatic nitrogens is 3. The van der Waals surface area contributed by atoms with Gasteiger partial charge in [0, 0.05) is 32.0 Å². The molecule has 9 heteroatoms. The van der Waals surface area contributed by atoms with Gasteiger partial charge in [0.2, 0.25) is 11.8 Å². The van der Waals surface area contributed by atoms with E-state index in [1.807, 2.05) is 32.2 Å². The third kappa shape index (κ3) is 4.39. The molecule has 3 aromatic rings. The van der Waals surface area contributed by atoms with Crippen LogP contribution in [0.5, 0.6) is 5.88 Å². The first-order chi connectivity index (χ1) is 15.8. The molecule has 3 heterocycles. The molecule has 4 rings (SSSR count). The smallest absolute Gasteiger partial charge is 0.255 e. The third-order valence-corrected chi connectivity index (χ3v) is 5.74. The van der Waals surface area contributed by atoms with Gasteiger partial charge in [-0.05, 0) is 49.6 Å². The number of nitrogens with zero attached hydrogens (tertiary/aromatic N) is 3. The Balaban J connectivity index is 1.41. The van der Waals surface area contributed by atoms with Gasteiger partial charge in [-0.1, -0.05) is 6.07 Å². The van der Waals surface area contributed by atoms with Crippen molar-refractivity contribution < 1.29 is 19.1 Å². The van der Waals surface area contributed by atoms with E-state index in [-0.39, 0.29) is 11.8 Å². The second-order valence-corrected chi connectivity index (χ2v) is 8.31. The first-order valence-corrected chi connectivity index (χ1v) is 10.8. The molecule has 0 aliphatic carbocycles. The number of anilines is 1. The minimum Gasteiger partial charge on any atom is -0.477 e. The van der Waals surface area contributed by atoms with Crippen LogP contribution in [-0.4, -0.2) is 58.0 Å². The SMILES string of the molecule is Cc1cc(C(=O)N(C)CCCOc2c(-c3ccc4c(c3)CC(=O)N4)c(C)nn2C)c(C=O)[nH]1. The summed E-state index contributed by atoms with van der Waals surface area (Å²) in [6.07, 6.45) is 1.63. The largest absolute Gasteiger partial charge is 0.477 e. The summed E-state index contributed by atoms with van der Waals surface area (Å²) in [4.78, 5) is 40.0. The lowest BCUT2D eigenvalue weighted by Crippen LogP contribution is -2.29. The van der Waals surface area contributed by atoms with E-state index in [1.54, 1.807) is 29.6 Å². The summed E-state index contributed by atoms with van der Waals surface area (Å²) >= 11 is 0. The molecule has 0 bridgehead atoms. The number of aldehydes is 1. The summed E-state index contributed by atoms with van der Waals surface area (Å²) in [5.74, 6) is 0.429. The molecule has 0 atom stereocenters. The number of H-pyrrole nitrogens is 1. The van der Waals surface area contributed by atoms with Crippen molar-refractivity contribution in [3.05, 3.63) is 52.5 Å². The number of rotatable bonds is 8. The summed E-state index contributed by atoms with van der Waals surface area (Å²) < 4.78 is 7.79. The number of hydrogen-bond donors (Lipinski definition) is 2. The summed E-state index contributed by atoms with van der Waals surface area (Å²) in [6, 6.07) is 7.55. The molecular weight excluding hydrogens is 422 g/mol. The fourth-order valence-electron chi connectivity index (χ4n) is 4.18. The highest BCUT2D eigenvalue weighted by Crippen LogP contribution is 2.36. The fraction of sp³-hybridized carbons (Fsp3) is 0.333. The van der Waals surface area contributed by atoms with Gasteiger partial charge < -0.3 is 19.9 Å². The highest BCUT2D eigenvalue weighted by atomic mass is 16.5. The van der Waals surface area contributed by atoms with E-state index in [0.717, 1.165) is 33.8 Å². The molecule has 9 nitrogen and oxygen atoms in total. The van der Waals surface area contributed by atoms with E-state index < -0.39 is 0 Å². The van der Waals surface area contributed by atoms with Crippen LogP contribution in [0.25, 0.3) is 11.1 Å². The standard InChI is InChI=1S/C24H27N5O4/c1-14-10-18(20(13-30)25-14)23(32)28(3)8-5-9-33-24-22(15(2)27-29(24)4)16-6-7-19-17(11-16)12-21(31)26-19/h6-7,10-11,13,25H,5,8-9,12H2,1-4H3,(H,26,31). The van der Waals surface area contributed by atoms with Crippen molar-refractivity contribution in [1.82, 2.24) is 19.7 Å². The predicted molar refractivity (Wildman–Crippen MR) is 124 cm³/mol. The Morgan fingerprint density at radius 1 is 1.30 bits per heavy atom. The van der Waals surface area contributed by atoms with Gasteiger partial charge in [-0.15, -0.1) is 0 Å². The van der Waals surface area contributed by atoms with Gasteiger partial charge in [-0.25, -0.2) is 4.68 Å². The summed E-state index contributed by atoms with van der Waals surface area (Å²) in [5, 5.41) is 7.35. The average Bonchev–Trinajstić information content (AvgIpc) is 3.43. The number of carbonyl (C=O) groups is 3. The fourth-order valence-corrected chi connectivity index (χ4v) is 4.18. The highest BCUT2D eigenvalue weighted by Gasteiger charge is 2.22. The molecule has 0 unspecified atom stereocenters. The molecule has 2 aromatic heterocycles. The van der Waals surface area contributed by atoms with Crippen molar-refractivity contribution in [1.29, 1.82) is 0 Å². The number of nitrogens with one attached hydrogen (secondary N) is 2. The molecule has 172 valence electrons. The molecule has 1 aliphatic heterocycles. The first-order valence-electron chi connectivity index (χ1n) is 10.8. The molecule has 2 N–H and O–H groups in total. The monoisotopic (exact) mass is 449 g/mol. The third-order valence-electron chi connectivity index (χ3n) is 5.74. The predicted octanol–water partition coefficient (Wildman–Crippen LogP) is 2.88. The van der Waals surface area contributed by atoms with E-state index in [2.05, 4.69) is 15.4 Å². The number of amides is 2. The highest BCUT2D eigenvalue weighted by molar-refractivity contribution is 6.01. The van der Waals surface area contributed by atoms with Crippen LogP contribution in [0.15, 0.2) is 24.3 Å². The molecule has 0 spiro atoms. The van der Waals surface area contributed by atoms with Crippen LogP contribution in [0.3, 0.4) is 0 Å². The molecule has 0 saturated heterocycles. The zero-order valence-corrected chi connectivity index (χ0v) is 19.2. The maximum Gasteiger partial charge on any atom is 0.255 e. The molecule has 0 saturated carbocycles. The van der Waals surface area contributed by atoms with Crippen LogP contribution < -0.4 is 10.1 Å². The molecule has 2 amide bonds. The Labute approximate surface area is 191 Å². The van der Waals surface area contributed by atoms with Crippen LogP contribution in [0.1, 0.15) is 44.2 Å². The Kier molecular flexibility index (Phi) is 6.04. The van der Waals surface area contributed by atoms with E-state index in [1.165, 1.54) is 0 Å². The Bertz CT molecular complexity index is 1240. The Morgan fingerprint density at radius 2 is 2.09 bits per heavy atom. The maximum atomic E-state index is 12.7. The molecule has 33 heavy (non-hydrogen) atoms. The number of aryl methyl sites for hydroxylation is 3. The lowest BCUT2D eigenvalue weighted by Gasteiger charge is -2.17. The van der Waals surface area contributed by atoms with Gasteiger partial charge in [0.15, 0.2) is 6.29 Å². The Morgan fingerprint density at radius 3 is 2.85 bits per heavy atom. The van der Waals surface area contributed by atoms with Crippen molar-refractivity contribution in [2.24, 2.45) is 7.05 Å². The van der Waals surface area contributed by atoms with Crippen LogP contribution >= 0.6 is 0 Å². The zero-order valence-electron chi connectivity index (χ0n) is 19.2. The van der Waals surface area contributed by atoms with E-state index in [9.17, 15) is 14.4 Å². The molecule has 1 aliphatic rings. The van der Waals surface area contributed by atoms with Gasteiger partial charge in [0.25, 0.3) is 5.91 Å². The maximum absolute atomic E-state index is 12.7. The van der Waals surface area contributed by atoms with E-state index >= 15 is 0 Å². The number of carbonyl (C=O) groups excluding carboxylic acids is 3. The topological polar surface area (TPSA) is 109 Å². The minimum atomic E-state index is -0.209. The van der Waals surface area contributed by atoms with Gasteiger partial charge in [0.05, 0.1) is 35.5 Å². The molecule has 0 fully saturated rings. The van der Waals surface area contributed by atoms with Crippen molar-refractivity contribution in [3.8, 4) is 17.0 Å². The number of benzene rings is 1. The summed E-state index contributed by atoms with van der Waals surface area (Å²) in [7, 11) is 3.54. The Hall–Kier alpha value is -3.88. The van der Waals surface area contributed by atoms with Crippen molar-refractivity contribution >= 4 is 23.8 Å². The van der Waals surface area contributed by atoms with Gasteiger partial charge in [0.1, 0.15) is 0 Å². The second kappa shape index (κ2) is 8.93. The van der Waals surface area contributed by atoms with Crippen LogP contribution in [0.4, 0.5) is 5.69 Å². The minimum absolute atomic E-state index is 0.00439. The lowest BCUT2D eigenvalue weighted by atomic mass is 10.0. The first kappa shape index (κ1) is 22.3. The molecule has 0 radical (unpaired) electrons. The lowest BCUT2D eigenvalue weighted by molar-refractivity contribution is -0.115. The van der Waals surface area contributed by atoms with Gasteiger partial charge in [-0.3, -0.25) is 14.4 Å². The number of fused-ring (bicyclic) bond motifs is 1. The quantitative estimate of drug-likeness (QED) is 0.406. The summed E-state index contributed by atoms with van der Waals surface area (Å²) in [6.45, 7) is 4.59. The van der Waals surface area contributed by atoms with Crippen LogP contribution in [-0.2, 0) is 18.3 Å². The zero-order chi connectivity index (χ0) is 23.7. The van der Waals surface area contributed by atoms with Crippen molar-refractivity contribution in [2.75, 3.05) is 25.5 Å². The van der Waals surface area contributed by atoms with Crippen molar-refractivity contribution in [3.63, 3.8) is 0 Å². The molecule has 1 aromatic carbocycles. The summed E-state index contributed by atoms with van der Waals surface area (Å²) in [5.41, 5.74) is 5.91. The average molecular weight is 450 g/mol.